The first-order valence-electron chi connectivity index (χ1n) is 6.63. The van der Waals surface area contributed by atoms with Crippen molar-refractivity contribution in [2.75, 3.05) is 13.7 Å². The molecular weight excluding hydrogens is 236 g/mol. The maximum absolute atomic E-state index is 5.07. The molecule has 3 nitrogen and oxygen atoms in total. The lowest BCUT2D eigenvalue weighted by Crippen LogP contribution is -2.13. The van der Waals surface area contributed by atoms with E-state index in [4.69, 9.17) is 4.74 Å². The minimum atomic E-state index is 0.643. The van der Waals surface area contributed by atoms with Crippen molar-refractivity contribution in [1.82, 2.24) is 10.3 Å². The molecule has 3 heteroatoms. The average molecular weight is 256 g/mol. The van der Waals surface area contributed by atoms with Crippen molar-refractivity contribution in [1.29, 1.82) is 0 Å². The van der Waals surface area contributed by atoms with E-state index in [1.165, 1.54) is 11.1 Å². The van der Waals surface area contributed by atoms with E-state index >= 15 is 0 Å². The van der Waals surface area contributed by atoms with E-state index in [0.717, 1.165) is 25.1 Å². The third-order valence-electron chi connectivity index (χ3n) is 2.96. The summed E-state index contributed by atoms with van der Waals surface area (Å²) in [5.41, 5.74) is 3.59. The molecular formula is C16H20N2O. The van der Waals surface area contributed by atoms with Gasteiger partial charge in [0.25, 0.3) is 0 Å². The number of methoxy groups -OCH3 is 1. The number of ether oxygens (including phenoxy) is 1. The molecule has 2 aromatic rings. The Morgan fingerprint density at radius 1 is 1.16 bits per heavy atom. The third kappa shape index (κ3) is 3.80. The predicted octanol–water partition coefficient (Wildman–Crippen LogP) is 3.26. The van der Waals surface area contributed by atoms with Crippen molar-refractivity contribution < 1.29 is 4.74 Å². The zero-order chi connectivity index (χ0) is 13.5. The molecule has 0 aliphatic heterocycles. The van der Waals surface area contributed by atoms with Crippen molar-refractivity contribution >= 4 is 0 Å². The average Bonchev–Trinajstić information content (AvgIpc) is 2.48. The van der Waals surface area contributed by atoms with Gasteiger partial charge in [0.15, 0.2) is 0 Å². The molecule has 1 N–H and O–H groups in total. The van der Waals surface area contributed by atoms with Crippen LogP contribution in [0.15, 0.2) is 42.6 Å². The Labute approximate surface area is 114 Å². The zero-order valence-corrected chi connectivity index (χ0v) is 11.5. The van der Waals surface area contributed by atoms with E-state index < -0.39 is 0 Å². The molecule has 1 aromatic carbocycles. The number of rotatable bonds is 6. The predicted molar refractivity (Wildman–Crippen MR) is 78.2 cm³/mol. The summed E-state index contributed by atoms with van der Waals surface area (Å²) in [6, 6.07) is 12.5. The monoisotopic (exact) mass is 256 g/mol. The highest BCUT2D eigenvalue weighted by molar-refractivity contribution is 5.63. The lowest BCUT2D eigenvalue weighted by atomic mass is 10.0. The van der Waals surface area contributed by atoms with Crippen molar-refractivity contribution in [3.8, 4) is 17.0 Å². The van der Waals surface area contributed by atoms with Crippen LogP contribution in [0.25, 0.3) is 11.1 Å². The lowest BCUT2D eigenvalue weighted by Gasteiger charge is -2.07. The maximum Gasteiger partial charge on any atom is 0.212 e. The first-order chi connectivity index (χ1) is 9.33. The minimum Gasteiger partial charge on any atom is -0.481 e. The summed E-state index contributed by atoms with van der Waals surface area (Å²) >= 11 is 0. The fourth-order valence-electron chi connectivity index (χ4n) is 1.94. The third-order valence-corrected chi connectivity index (χ3v) is 2.96. The Morgan fingerprint density at radius 2 is 2.05 bits per heavy atom. The van der Waals surface area contributed by atoms with E-state index in [1.807, 2.05) is 18.3 Å². The van der Waals surface area contributed by atoms with Crippen molar-refractivity contribution in [2.45, 2.75) is 19.9 Å². The molecule has 100 valence electrons. The van der Waals surface area contributed by atoms with E-state index in [0.29, 0.717) is 5.88 Å². The summed E-state index contributed by atoms with van der Waals surface area (Å²) in [5.74, 6) is 0.643. The summed E-state index contributed by atoms with van der Waals surface area (Å²) in [6.45, 7) is 4.13. The number of pyridine rings is 1. The SMILES string of the molecule is CCCNCc1cccc(-c2ccc(OC)nc2)c1. The van der Waals surface area contributed by atoms with E-state index in [1.54, 1.807) is 7.11 Å². The molecule has 0 amide bonds. The molecule has 0 bridgehead atoms. The number of benzene rings is 1. The lowest BCUT2D eigenvalue weighted by molar-refractivity contribution is 0.398. The standard InChI is InChI=1S/C16H20N2O/c1-3-9-17-11-13-5-4-6-14(10-13)15-7-8-16(19-2)18-12-15/h4-8,10,12,17H,3,9,11H2,1-2H3. The molecule has 1 aromatic heterocycles. The topological polar surface area (TPSA) is 34.1 Å². The van der Waals surface area contributed by atoms with Crippen LogP contribution < -0.4 is 10.1 Å². The van der Waals surface area contributed by atoms with Gasteiger partial charge in [-0.2, -0.15) is 0 Å². The molecule has 0 radical (unpaired) electrons. The summed E-state index contributed by atoms with van der Waals surface area (Å²) < 4.78 is 5.07. The van der Waals surface area contributed by atoms with Gasteiger partial charge in [-0.05, 0) is 36.2 Å². The Hall–Kier alpha value is -1.87. The number of hydrogen-bond donors (Lipinski definition) is 1. The van der Waals surface area contributed by atoms with Crippen molar-refractivity contribution in [3.05, 3.63) is 48.2 Å². The highest BCUT2D eigenvalue weighted by Crippen LogP contribution is 2.21. The van der Waals surface area contributed by atoms with Crippen LogP contribution in [0.5, 0.6) is 5.88 Å². The van der Waals surface area contributed by atoms with Gasteiger partial charge in [-0.3, -0.25) is 0 Å². The molecule has 0 atom stereocenters. The van der Waals surface area contributed by atoms with Gasteiger partial charge in [0.2, 0.25) is 5.88 Å². The number of hydrogen-bond acceptors (Lipinski definition) is 3. The highest BCUT2D eigenvalue weighted by atomic mass is 16.5. The number of aromatic nitrogens is 1. The second kappa shape index (κ2) is 6.90. The van der Waals surface area contributed by atoms with E-state index in [9.17, 15) is 0 Å². The highest BCUT2D eigenvalue weighted by Gasteiger charge is 2.00. The van der Waals surface area contributed by atoms with Crippen LogP contribution in [0.4, 0.5) is 0 Å². The van der Waals surface area contributed by atoms with Gasteiger partial charge in [-0.25, -0.2) is 4.98 Å². The molecule has 0 unspecified atom stereocenters. The molecule has 19 heavy (non-hydrogen) atoms. The second-order valence-corrected chi connectivity index (χ2v) is 4.47. The summed E-state index contributed by atoms with van der Waals surface area (Å²) in [7, 11) is 1.63. The summed E-state index contributed by atoms with van der Waals surface area (Å²) in [6.07, 6.45) is 3.00. The van der Waals surface area contributed by atoms with Gasteiger partial charge in [0.1, 0.15) is 0 Å². The molecule has 0 saturated heterocycles. The van der Waals surface area contributed by atoms with E-state index in [2.05, 4.69) is 41.5 Å². The van der Waals surface area contributed by atoms with Crippen LogP contribution in [-0.2, 0) is 6.54 Å². The maximum atomic E-state index is 5.07. The molecule has 0 aliphatic rings. The molecule has 0 aliphatic carbocycles. The number of nitrogens with zero attached hydrogens (tertiary/aromatic N) is 1. The Balaban J connectivity index is 2.12. The Bertz CT molecular complexity index is 508. The van der Waals surface area contributed by atoms with Crippen LogP contribution in [0, 0.1) is 0 Å². The quantitative estimate of drug-likeness (QED) is 0.806. The smallest absolute Gasteiger partial charge is 0.212 e. The molecule has 1 heterocycles. The minimum absolute atomic E-state index is 0.643. The van der Waals surface area contributed by atoms with Gasteiger partial charge in [-0.15, -0.1) is 0 Å². The van der Waals surface area contributed by atoms with Crippen LogP contribution in [0.1, 0.15) is 18.9 Å². The van der Waals surface area contributed by atoms with Crippen LogP contribution in [0.2, 0.25) is 0 Å². The fraction of sp³-hybridized carbons (Fsp3) is 0.312. The number of nitrogens with one attached hydrogen (secondary N) is 1. The largest absolute Gasteiger partial charge is 0.481 e. The van der Waals surface area contributed by atoms with Crippen LogP contribution in [0.3, 0.4) is 0 Å². The summed E-state index contributed by atoms with van der Waals surface area (Å²) in [4.78, 5) is 4.24. The van der Waals surface area contributed by atoms with Crippen molar-refractivity contribution in [2.24, 2.45) is 0 Å². The van der Waals surface area contributed by atoms with Gasteiger partial charge in [0, 0.05) is 24.4 Å². The van der Waals surface area contributed by atoms with Gasteiger partial charge in [0.05, 0.1) is 7.11 Å². The van der Waals surface area contributed by atoms with Gasteiger partial charge in [-0.1, -0.05) is 25.1 Å². The first-order valence-corrected chi connectivity index (χ1v) is 6.63. The first kappa shape index (κ1) is 13.6. The normalized spacial score (nSPS) is 10.4. The Kier molecular flexibility index (Phi) is 4.93. The molecule has 0 saturated carbocycles. The van der Waals surface area contributed by atoms with E-state index in [-0.39, 0.29) is 0 Å². The molecule has 2 rings (SSSR count). The van der Waals surface area contributed by atoms with Crippen LogP contribution >= 0.6 is 0 Å². The fourth-order valence-corrected chi connectivity index (χ4v) is 1.94. The second-order valence-electron chi connectivity index (χ2n) is 4.47. The molecule has 0 spiro atoms. The van der Waals surface area contributed by atoms with Crippen molar-refractivity contribution in [3.63, 3.8) is 0 Å². The van der Waals surface area contributed by atoms with Gasteiger partial charge < -0.3 is 10.1 Å². The van der Waals surface area contributed by atoms with Crippen LogP contribution in [-0.4, -0.2) is 18.6 Å². The summed E-state index contributed by atoms with van der Waals surface area (Å²) in [5, 5.41) is 3.41. The van der Waals surface area contributed by atoms with Gasteiger partial charge >= 0.3 is 0 Å². The Morgan fingerprint density at radius 3 is 2.74 bits per heavy atom. The molecule has 0 fully saturated rings. The zero-order valence-electron chi connectivity index (χ0n) is 11.5.